The van der Waals surface area contributed by atoms with Gasteiger partial charge < -0.3 is 5.73 Å². The molecule has 1 aromatic rings. The Morgan fingerprint density at radius 1 is 1.25 bits per heavy atom. The number of unbranched alkanes of at least 4 members (excludes halogenated alkanes) is 2. The maximum atomic E-state index is 12.5. The molecule has 0 spiro atoms. The van der Waals surface area contributed by atoms with Gasteiger partial charge in [-0.25, -0.2) is 12.7 Å². The molecule has 0 aliphatic rings. The first-order valence-corrected chi connectivity index (χ1v) is 8.69. The Morgan fingerprint density at radius 2 is 1.90 bits per heavy atom. The van der Waals surface area contributed by atoms with E-state index in [-0.39, 0.29) is 16.5 Å². The normalized spacial score (nSPS) is 12.1. The molecule has 1 aromatic carbocycles. The number of rotatable bonds is 7. The molecule has 0 fully saturated rings. The molecule has 0 heterocycles. The van der Waals surface area contributed by atoms with E-state index >= 15 is 0 Å². The van der Waals surface area contributed by atoms with Gasteiger partial charge in [-0.1, -0.05) is 43.0 Å². The van der Waals surface area contributed by atoms with Crippen LogP contribution in [0.4, 0.5) is 0 Å². The number of sulfonamides is 1. The summed E-state index contributed by atoms with van der Waals surface area (Å²) < 4.78 is 26.3. The largest absolute Gasteiger partial charge is 0.326 e. The number of nitrogens with zero attached hydrogens (tertiary/aromatic N) is 1. The summed E-state index contributed by atoms with van der Waals surface area (Å²) in [5.41, 5.74) is 6.02. The number of benzene rings is 1. The number of halogens is 2. The van der Waals surface area contributed by atoms with E-state index in [1.807, 2.05) is 0 Å². The molecule has 0 atom stereocenters. The van der Waals surface area contributed by atoms with Crippen LogP contribution in [-0.4, -0.2) is 26.3 Å². The molecular formula is C13H20Cl2N2O2S. The van der Waals surface area contributed by atoms with Gasteiger partial charge in [-0.05, 0) is 18.6 Å². The van der Waals surface area contributed by atoms with Crippen molar-refractivity contribution in [2.24, 2.45) is 5.73 Å². The van der Waals surface area contributed by atoms with Crippen molar-refractivity contribution in [2.45, 2.75) is 37.6 Å². The molecule has 0 bridgehead atoms. The van der Waals surface area contributed by atoms with Crippen molar-refractivity contribution in [2.75, 3.05) is 13.6 Å². The van der Waals surface area contributed by atoms with Gasteiger partial charge >= 0.3 is 0 Å². The molecule has 0 aliphatic heterocycles. The molecular weight excluding hydrogens is 319 g/mol. The average Bonchev–Trinajstić information content (AvgIpc) is 2.39. The molecule has 0 radical (unpaired) electrons. The minimum atomic E-state index is -3.61. The smallest absolute Gasteiger partial charge is 0.244 e. The van der Waals surface area contributed by atoms with Crippen molar-refractivity contribution in [1.82, 2.24) is 4.31 Å². The Labute approximate surface area is 130 Å². The second kappa shape index (κ2) is 7.61. The maximum Gasteiger partial charge on any atom is 0.244 e. The van der Waals surface area contributed by atoms with Crippen molar-refractivity contribution >= 4 is 33.2 Å². The lowest BCUT2D eigenvalue weighted by molar-refractivity contribution is 0.454. The summed E-state index contributed by atoms with van der Waals surface area (Å²) in [5, 5.41) is 0.493. The third-order valence-electron chi connectivity index (χ3n) is 3.12. The highest BCUT2D eigenvalue weighted by atomic mass is 35.5. The van der Waals surface area contributed by atoms with Crippen LogP contribution in [0.1, 0.15) is 31.7 Å². The molecule has 0 aliphatic carbocycles. The molecule has 20 heavy (non-hydrogen) atoms. The van der Waals surface area contributed by atoms with E-state index in [4.69, 9.17) is 28.9 Å². The van der Waals surface area contributed by atoms with Crippen LogP contribution in [0, 0.1) is 0 Å². The van der Waals surface area contributed by atoms with Crippen LogP contribution in [0.5, 0.6) is 0 Å². The van der Waals surface area contributed by atoms with Gasteiger partial charge in [0.2, 0.25) is 10.0 Å². The first kappa shape index (κ1) is 17.7. The molecule has 0 saturated heterocycles. The van der Waals surface area contributed by atoms with Gasteiger partial charge in [0, 0.05) is 30.7 Å². The number of hydrogen-bond acceptors (Lipinski definition) is 3. The van der Waals surface area contributed by atoms with Crippen molar-refractivity contribution in [1.29, 1.82) is 0 Å². The predicted octanol–water partition coefficient (Wildman–Crippen LogP) is 3.26. The van der Waals surface area contributed by atoms with Crippen molar-refractivity contribution in [3.63, 3.8) is 0 Å². The fourth-order valence-corrected chi connectivity index (χ4v) is 3.95. The van der Waals surface area contributed by atoms with E-state index in [0.29, 0.717) is 17.1 Å². The summed E-state index contributed by atoms with van der Waals surface area (Å²) >= 11 is 12.1. The molecule has 7 heteroatoms. The predicted molar refractivity (Wildman–Crippen MR) is 83.7 cm³/mol. The fourth-order valence-electron chi connectivity index (χ4n) is 1.84. The number of nitrogens with two attached hydrogens (primary N) is 1. The van der Waals surface area contributed by atoms with E-state index in [0.717, 1.165) is 19.3 Å². The first-order valence-electron chi connectivity index (χ1n) is 6.49. The van der Waals surface area contributed by atoms with Gasteiger partial charge in [0.25, 0.3) is 0 Å². The summed E-state index contributed by atoms with van der Waals surface area (Å²) in [5.74, 6) is 0. The van der Waals surface area contributed by atoms with E-state index in [1.54, 1.807) is 7.05 Å². The molecule has 4 nitrogen and oxygen atoms in total. The highest BCUT2D eigenvalue weighted by Gasteiger charge is 2.25. The second-order valence-electron chi connectivity index (χ2n) is 4.58. The average molecular weight is 339 g/mol. The molecule has 2 N–H and O–H groups in total. The van der Waals surface area contributed by atoms with Crippen molar-refractivity contribution in [3.05, 3.63) is 27.7 Å². The third kappa shape index (κ3) is 3.86. The Bertz CT molecular complexity index is 562. The Hall–Kier alpha value is -0.330. The minimum Gasteiger partial charge on any atom is -0.326 e. The highest BCUT2D eigenvalue weighted by Crippen LogP contribution is 2.32. The van der Waals surface area contributed by atoms with E-state index < -0.39 is 10.0 Å². The molecule has 0 unspecified atom stereocenters. The Kier molecular flexibility index (Phi) is 6.75. The van der Waals surface area contributed by atoms with Gasteiger partial charge in [-0.15, -0.1) is 0 Å². The minimum absolute atomic E-state index is 0.0583. The first-order chi connectivity index (χ1) is 9.36. The quantitative estimate of drug-likeness (QED) is 0.776. The van der Waals surface area contributed by atoms with Crippen LogP contribution in [0.25, 0.3) is 0 Å². The van der Waals surface area contributed by atoms with Crippen molar-refractivity contribution in [3.8, 4) is 0 Å². The summed E-state index contributed by atoms with van der Waals surface area (Å²) in [6.07, 6.45) is 2.84. The van der Waals surface area contributed by atoms with Gasteiger partial charge in [-0.2, -0.15) is 0 Å². The standard InChI is InChI=1S/C13H20Cl2N2O2S/c1-3-4-5-8-17(2)20(18,19)12-7-6-11(14)10(9-16)13(12)15/h6-7H,3-5,8-9,16H2,1-2H3. The number of hydrogen-bond donors (Lipinski definition) is 1. The van der Waals surface area contributed by atoms with Gasteiger partial charge in [-0.3, -0.25) is 0 Å². The summed E-state index contributed by atoms with van der Waals surface area (Å²) in [6, 6.07) is 2.94. The van der Waals surface area contributed by atoms with Crippen LogP contribution < -0.4 is 5.73 Å². The van der Waals surface area contributed by atoms with Crippen molar-refractivity contribution < 1.29 is 8.42 Å². The van der Waals surface area contributed by atoms with E-state index in [1.165, 1.54) is 16.4 Å². The monoisotopic (exact) mass is 338 g/mol. The van der Waals surface area contributed by atoms with E-state index in [9.17, 15) is 8.42 Å². The van der Waals surface area contributed by atoms with Crippen LogP contribution in [0.3, 0.4) is 0 Å². The maximum absolute atomic E-state index is 12.5. The highest BCUT2D eigenvalue weighted by molar-refractivity contribution is 7.89. The summed E-state index contributed by atoms with van der Waals surface area (Å²) in [4.78, 5) is 0.0583. The Balaban J connectivity index is 3.10. The topological polar surface area (TPSA) is 63.4 Å². The molecule has 0 amide bonds. The zero-order valence-electron chi connectivity index (χ0n) is 11.7. The van der Waals surface area contributed by atoms with Gasteiger partial charge in [0.05, 0.1) is 5.02 Å². The fraction of sp³-hybridized carbons (Fsp3) is 0.538. The van der Waals surface area contributed by atoms with E-state index in [2.05, 4.69) is 6.92 Å². The second-order valence-corrected chi connectivity index (χ2v) is 7.37. The molecule has 1 rings (SSSR count). The van der Waals surface area contributed by atoms with Gasteiger partial charge in [0.1, 0.15) is 4.90 Å². The zero-order chi connectivity index (χ0) is 15.3. The van der Waals surface area contributed by atoms with Crippen LogP contribution in [-0.2, 0) is 16.6 Å². The van der Waals surface area contributed by atoms with Crippen LogP contribution in [0.2, 0.25) is 10.0 Å². The third-order valence-corrected chi connectivity index (χ3v) is 5.92. The lowest BCUT2D eigenvalue weighted by atomic mass is 10.2. The molecule has 0 saturated carbocycles. The lowest BCUT2D eigenvalue weighted by Gasteiger charge is -2.19. The summed E-state index contributed by atoms with van der Waals surface area (Å²) in [6.45, 7) is 2.63. The van der Waals surface area contributed by atoms with Crippen LogP contribution >= 0.6 is 23.2 Å². The molecule has 0 aromatic heterocycles. The summed E-state index contributed by atoms with van der Waals surface area (Å²) in [7, 11) is -2.06. The van der Waals surface area contributed by atoms with Gasteiger partial charge in [0.15, 0.2) is 0 Å². The lowest BCUT2D eigenvalue weighted by Crippen LogP contribution is -2.28. The SMILES string of the molecule is CCCCCN(C)S(=O)(=O)c1ccc(Cl)c(CN)c1Cl. The van der Waals surface area contributed by atoms with Crippen LogP contribution in [0.15, 0.2) is 17.0 Å². The molecule has 114 valence electrons. The zero-order valence-corrected chi connectivity index (χ0v) is 14.0. The Morgan fingerprint density at radius 3 is 2.45 bits per heavy atom.